The van der Waals surface area contributed by atoms with E-state index in [9.17, 15) is 4.79 Å². The SMILES string of the molecule is Cc1cccc(N2CCN(CCCCNC(=O)c3sc(-c4ncccn4)nc3C)CC2)c1. The summed E-state index contributed by atoms with van der Waals surface area (Å²) in [7, 11) is 0. The van der Waals surface area contributed by atoms with Crippen molar-refractivity contribution in [2.75, 3.05) is 44.2 Å². The predicted molar refractivity (Wildman–Crippen MR) is 129 cm³/mol. The quantitative estimate of drug-likeness (QED) is 0.529. The van der Waals surface area contributed by atoms with Crippen molar-refractivity contribution in [3.05, 3.63) is 58.9 Å². The molecule has 1 N–H and O–H groups in total. The summed E-state index contributed by atoms with van der Waals surface area (Å²) in [6.45, 7) is 10.1. The van der Waals surface area contributed by atoms with E-state index < -0.39 is 0 Å². The highest BCUT2D eigenvalue weighted by Crippen LogP contribution is 2.25. The number of piperazine rings is 1. The summed E-state index contributed by atoms with van der Waals surface area (Å²) in [5, 5.41) is 3.72. The van der Waals surface area contributed by atoms with E-state index in [-0.39, 0.29) is 5.91 Å². The van der Waals surface area contributed by atoms with E-state index in [2.05, 4.69) is 61.3 Å². The average molecular weight is 451 g/mol. The van der Waals surface area contributed by atoms with Gasteiger partial charge in [0, 0.05) is 50.8 Å². The Hall–Kier alpha value is -2.84. The Kier molecular flexibility index (Phi) is 7.44. The number of amides is 1. The molecule has 1 fully saturated rings. The second-order valence-electron chi connectivity index (χ2n) is 8.14. The van der Waals surface area contributed by atoms with E-state index in [1.165, 1.54) is 22.6 Å². The number of nitrogens with zero attached hydrogens (tertiary/aromatic N) is 5. The maximum atomic E-state index is 12.6. The van der Waals surface area contributed by atoms with Crippen LogP contribution in [0.25, 0.3) is 10.8 Å². The first-order valence-corrected chi connectivity index (χ1v) is 12.0. The third-order valence-electron chi connectivity index (χ3n) is 5.69. The number of aryl methyl sites for hydroxylation is 2. The molecule has 0 spiro atoms. The zero-order valence-electron chi connectivity index (χ0n) is 18.8. The molecule has 0 aliphatic carbocycles. The van der Waals surface area contributed by atoms with Gasteiger partial charge in [-0.05, 0) is 57.0 Å². The van der Waals surface area contributed by atoms with Crippen molar-refractivity contribution in [3.63, 3.8) is 0 Å². The largest absolute Gasteiger partial charge is 0.369 e. The second kappa shape index (κ2) is 10.7. The first-order valence-electron chi connectivity index (χ1n) is 11.2. The molecule has 0 bridgehead atoms. The molecule has 32 heavy (non-hydrogen) atoms. The van der Waals surface area contributed by atoms with Crippen molar-refractivity contribution in [1.29, 1.82) is 0 Å². The lowest BCUT2D eigenvalue weighted by Crippen LogP contribution is -2.46. The molecule has 1 aliphatic heterocycles. The summed E-state index contributed by atoms with van der Waals surface area (Å²) in [5.74, 6) is 0.496. The number of nitrogens with one attached hydrogen (secondary N) is 1. The zero-order chi connectivity index (χ0) is 22.3. The van der Waals surface area contributed by atoms with E-state index in [0.717, 1.165) is 51.3 Å². The minimum Gasteiger partial charge on any atom is -0.369 e. The molecule has 1 aliphatic rings. The van der Waals surface area contributed by atoms with Crippen molar-refractivity contribution in [2.45, 2.75) is 26.7 Å². The third kappa shape index (κ3) is 5.69. The van der Waals surface area contributed by atoms with Crippen LogP contribution in [0.3, 0.4) is 0 Å². The lowest BCUT2D eigenvalue weighted by molar-refractivity contribution is 0.0955. The molecule has 1 saturated heterocycles. The van der Waals surface area contributed by atoms with E-state index in [0.29, 0.717) is 22.3 Å². The van der Waals surface area contributed by atoms with Gasteiger partial charge in [-0.25, -0.2) is 15.0 Å². The van der Waals surface area contributed by atoms with Gasteiger partial charge >= 0.3 is 0 Å². The van der Waals surface area contributed by atoms with Gasteiger partial charge in [0.2, 0.25) is 0 Å². The van der Waals surface area contributed by atoms with Crippen LogP contribution in [-0.2, 0) is 0 Å². The highest BCUT2D eigenvalue weighted by Gasteiger charge is 2.18. The van der Waals surface area contributed by atoms with Crippen LogP contribution >= 0.6 is 11.3 Å². The number of carbonyl (C=O) groups is 1. The lowest BCUT2D eigenvalue weighted by atomic mass is 10.2. The van der Waals surface area contributed by atoms with Crippen LogP contribution in [0.4, 0.5) is 5.69 Å². The number of aromatic nitrogens is 3. The molecule has 1 amide bonds. The normalized spacial score (nSPS) is 14.5. The van der Waals surface area contributed by atoms with Gasteiger partial charge < -0.3 is 10.2 Å². The van der Waals surface area contributed by atoms with Crippen LogP contribution in [-0.4, -0.2) is 65.0 Å². The van der Waals surface area contributed by atoms with E-state index in [1.807, 2.05) is 6.92 Å². The predicted octanol–water partition coefficient (Wildman–Crippen LogP) is 3.55. The van der Waals surface area contributed by atoms with Gasteiger partial charge in [-0.2, -0.15) is 0 Å². The molecule has 1 aromatic carbocycles. The summed E-state index contributed by atoms with van der Waals surface area (Å²) in [5.41, 5.74) is 3.36. The van der Waals surface area contributed by atoms with Gasteiger partial charge in [-0.3, -0.25) is 9.69 Å². The highest BCUT2D eigenvalue weighted by atomic mass is 32.1. The van der Waals surface area contributed by atoms with Crippen LogP contribution in [0.2, 0.25) is 0 Å². The first kappa shape index (κ1) is 22.4. The molecule has 8 heteroatoms. The maximum absolute atomic E-state index is 12.6. The summed E-state index contributed by atoms with van der Waals surface area (Å²) in [6, 6.07) is 10.5. The fourth-order valence-corrected chi connectivity index (χ4v) is 4.84. The average Bonchev–Trinajstić information content (AvgIpc) is 3.21. The Labute approximate surface area is 193 Å². The van der Waals surface area contributed by atoms with Gasteiger partial charge in [0.15, 0.2) is 10.8 Å². The van der Waals surface area contributed by atoms with E-state index in [4.69, 9.17) is 0 Å². The molecular weight excluding hydrogens is 420 g/mol. The molecule has 3 aromatic rings. The molecular formula is C24H30N6OS. The van der Waals surface area contributed by atoms with Crippen LogP contribution in [0.5, 0.6) is 0 Å². The Morgan fingerprint density at radius 1 is 1.06 bits per heavy atom. The van der Waals surface area contributed by atoms with Gasteiger partial charge in [0.1, 0.15) is 4.88 Å². The number of anilines is 1. The molecule has 0 saturated carbocycles. The molecule has 0 radical (unpaired) electrons. The smallest absolute Gasteiger partial charge is 0.263 e. The van der Waals surface area contributed by atoms with Crippen molar-refractivity contribution in [3.8, 4) is 10.8 Å². The van der Waals surface area contributed by atoms with Crippen LogP contribution in [0.1, 0.15) is 33.8 Å². The summed E-state index contributed by atoms with van der Waals surface area (Å²) in [4.78, 5) is 31.1. The Morgan fingerprint density at radius 3 is 2.59 bits per heavy atom. The monoisotopic (exact) mass is 450 g/mol. The second-order valence-corrected chi connectivity index (χ2v) is 9.14. The first-order chi connectivity index (χ1) is 15.6. The topological polar surface area (TPSA) is 74.2 Å². The minimum absolute atomic E-state index is 0.0612. The third-order valence-corrected chi connectivity index (χ3v) is 6.84. The number of benzene rings is 1. The molecule has 0 atom stereocenters. The van der Waals surface area contributed by atoms with Gasteiger partial charge in [0.25, 0.3) is 5.91 Å². The van der Waals surface area contributed by atoms with Crippen molar-refractivity contribution < 1.29 is 4.79 Å². The zero-order valence-corrected chi connectivity index (χ0v) is 19.6. The van der Waals surface area contributed by atoms with Gasteiger partial charge in [-0.1, -0.05) is 12.1 Å². The Balaban J connectivity index is 1.16. The summed E-state index contributed by atoms with van der Waals surface area (Å²) in [6.07, 6.45) is 5.41. The molecule has 0 unspecified atom stereocenters. The van der Waals surface area contributed by atoms with Gasteiger partial charge in [0.05, 0.1) is 5.69 Å². The van der Waals surface area contributed by atoms with Gasteiger partial charge in [-0.15, -0.1) is 11.3 Å². The Morgan fingerprint density at radius 2 is 1.84 bits per heavy atom. The summed E-state index contributed by atoms with van der Waals surface area (Å²) < 4.78 is 0. The molecule has 3 heterocycles. The van der Waals surface area contributed by atoms with Crippen LogP contribution < -0.4 is 10.2 Å². The molecule has 4 rings (SSSR count). The highest BCUT2D eigenvalue weighted by molar-refractivity contribution is 7.17. The van der Waals surface area contributed by atoms with Crippen molar-refractivity contribution in [1.82, 2.24) is 25.2 Å². The Bertz CT molecular complexity index is 1030. The minimum atomic E-state index is -0.0612. The summed E-state index contributed by atoms with van der Waals surface area (Å²) >= 11 is 1.35. The molecule has 2 aromatic heterocycles. The number of thiazole rings is 1. The number of unbranched alkanes of at least 4 members (excludes halogenated alkanes) is 1. The number of carbonyl (C=O) groups excluding carboxylic acids is 1. The number of hydrogen-bond acceptors (Lipinski definition) is 7. The molecule has 168 valence electrons. The van der Waals surface area contributed by atoms with E-state index >= 15 is 0 Å². The van der Waals surface area contributed by atoms with E-state index in [1.54, 1.807) is 18.5 Å². The number of rotatable bonds is 8. The standard InChI is InChI=1S/C24H30N6OS/c1-18-7-5-8-20(17-18)30-15-13-29(14-16-30)12-4-3-9-27-23(31)21-19(2)28-24(32-21)22-25-10-6-11-26-22/h5-8,10-11,17H,3-4,9,12-16H2,1-2H3,(H,27,31). The lowest BCUT2D eigenvalue weighted by Gasteiger charge is -2.36. The van der Waals surface area contributed by atoms with Crippen LogP contribution in [0, 0.1) is 13.8 Å². The molecule has 7 nitrogen and oxygen atoms in total. The van der Waals surface area contributed by atoms with Crippen molar-refractivity contribution in [2.24, 2.45) is 0 Å². The van der Waals surface area contributed by atoms with Crippen LogP contribution in [0.15, 0.2) is 42.7 Å². The maximum Gasteiger partial charge on any atom is 0.263 e. The fraction of sp³-hybridized carbons (Fsp3) is 0.417. The number of hydrogen-bond donors (Lipinski definition) is 1. The van der Waals surface area contributed by atoms with Crippen molar-refractivity contribution >= 4 is 22.9 Å². The fourth-order valence-electron chi connectivity index (χ4n) is 3.91.